The van der Waals surface area contributed by atoms with Gasteiger partial charge in [0.1, 0.15) is 30.4 Å². The number of carboxylic acids is 1. The molecule has 1 fully saturated rings. The number of carboxylic acid groups (broad SMARTS) is 1. The molecule has 0 unspecified atom stereocenters. The van der Waals surface area contributed by atoms with Gasteiger partial charge in [-0.25, -0.2) is 4.79 Å². The number of rotatable bonds is 13. The Kier molecular flexibility index (Phi) is 10.9. The molecule has 38 heavy (non-hydrogen) atoms. The Balaban J connectivity index is 1.78. The minimum absolute atomic E-state index is 0.0942. The normalized spacial score (nSPS) is 15.0. The van der Waals surface area contributed by atoms with Crippen LogP contribution in [-0.4, -0.2) is 69.9 Å². The first-order chi connectivity index (χ1) is 18.4. The number of nitrogens with one attached hydrogen (secondary N) is 1. The van der Waals surface area contributed by atoms with Crippen LogP contribution in [0.5, 0.6) is 11.5 Å². The van der Waals surface area contributed by atoms with Crippen LogP contribution in [0.2, 0.25) is 0 Å². The van der Waals surface area contributed by atoms with Crippen molar-refractivity contribution in [3.05, 3.63) is 47.5 Å². The minimum Gasteiger partial charge on any atom is -0.496 e. The lowest BCUT2D eigenvalue weighted by Gasteiger charge is -2.23. The van der Waals surface area contributed by atoms with Crippen molar-refractivity contribution in [2.24, 2.45) is 11.1 Å². The molecule has 0 radical (unpaired) electrons. The quantitative estimate of drug-likeness (QED) is 0.299. The average molecular weight is 529 g/mol. The maximum absolute atomic E-state index is 12.9. The summed E-state index contributed by atoms with van der Waals surface area (Å²) < 4.78 is 22.1. The number of nitrogens with zero attached hydrogens (tertiary/aromatic N) is 1. The fourth-order valence-corrected chi connectivity index (χ4v) is 4.40. The second-order valence-electron chi connectivity index (χ2n) is 8.82. The minimum atomic E-state index is -1.14. The van der Waals surface area contributed by atoms with Gasteiger partial charge in [-0.15, -0.1) is 0 Å². The highest BCUT2D eigenvalue weighted by Crippen LogP contribution is 2.40. The van der Waals surface area contributed by atoms with Gasteiger partial charge in [-0.3, -0.25) is 4.79 Å². The van der Waals surface area contributed by atoms with E-state index in [9.17, 15) is 14.7 Å². The highest BCUT2D eigenvalue weighted by Gasteiger charge is 2.29. The monoisotopic (exact) mass is 528 g/mol. The number of aliphatic carboxylic acids is 1. The number of amides is 1. The molecule has 2 aromatic carbocycles. The van der Waals surface area contributed by atoms with Crippen molar-refractivity contribution >= 4 is 17.6 Å². The van der Waals surface area contributed by atoms with Gasteiger partial charge >= 0.3 is 5.97 Å². The Morgan fingerprint density at radius 3 is 2.21 bits per heavy atom. The van der Waals surface area contributed by atoms with Gasteiger partial charge in [0.2, 0.25) is 0 Å². The summed E-state index contributed by atoms with van der Waals surface area (Å²) in [7, 11) is 4.55. The van der Waals surface area contributed by atoms with Crippen LogP contribution >= 0.6 is 0 Å². The lowest BCUT2D eigenvalue weighted by Crippen LogP contribution is -2.47. The van der Waals surface area contributed by atoms with Crippen LogP contribution < -0.4 is 14.8 Å². The Bertz CT molecular complexity index is 1090. The molecular formula is C28H36N2O8. The first kappa shape index (κ1) is 28.9. The highest BCUT2D eigenvalue weighted by atomic mass is 16.6. The molecule has 3 rings (SSSR count). The molecule has 1 saturated heterocycles. The molecule has 1 aliphatic heterocycles. The molecule has 1 amide bonds. The summed E-state index contributed by atoms with van der Waals surface area (Å²) in [5.74, 6) is -0.563. The molecule has 1 aliphatic rings. The van der Waals surface area contributed by atoms with Crippen molar-refractivity contribution in [2.75, 3.05) is 41.2 Å². The van der Waals surface area contributed by atoms with E-state index in [0.717, 1.165) is 22.3 Å². The van der Waals surface area contributed by atoms with E-state index >= 15 is 0 Å². The zero-order valence-corrected chi connectivity index (χ0v) is 22.3. The zero-order chi connectivity index (χ0) is 27.5. The van der Waals surface area contributed by atoms with Crippen molar-refractivity contribution < 1.29 is 38.5 Å². The fourth-order valence-electron chi connectivity index (χ4n) is 4.40. The molecule has 1 heterocycles. The zero-order valence-electron chi connectivity index (χ0n) is 22.3. The lowest BCUT2D eigenvalue weighted by atomic mass is 9.93. The van der Waals surface area contributed by atoms with Crippen LogP contribution in [0.25, 0.3) is 11.1 Å². The number of methoxy groups -OCH3 is 2. The molecule has 10 nitrogen and oxygen atoms in total. The number of hydrogen-bond donors (Lipinski definition) is 2. The van der Waals surface area contributed by atoms with E-state index in [2.05, 4.69) is 10.5 Å². The van der Waals surface area contributed by atoms with Gasteiger partial charge in [0, 0.05) is 32.2 Å². The van der Waals surface area contributed by atoms with Crippen molar-refractivity contribution in [3.8, 4) is 22.6 Å². The van der Waals surface area contributed by atoms with Crippen LogP contribution in [0.15, 0.2) is 41.6 Å². The van der Waals surface area contributed by atoms with Crippen LogP contribution in [-0.2, 0) is 36.9 Å². The lowest BCUT2D eigenvalue weighted by molar-refractivity contribution is -0.141. The first-order valence-electron chi connectivity index (χ1n) is 12.6. The topological polar surface area (TPSA) is 125 Å². The molecule has 206 valence electrons. The third kappa shape index (κ3) is 7.45. The summed E-state index contributed by atoms with van der Waals surface area (Å²) in [5.41, 5.74) is 3.48. The second-order valence-corrected chi connectivity index (χ2v) is 8.82. The van der Waals surface area contributed by atoms with Gasteiger partial charge < -0.3 is 34.2 Å². The standard InChI is InChI=1S/C28H36N2O8/c1-5-37-17-19-15-23(34-2)25(24(16-19)35-3)20-8-6-18(7-9-20)14-22(28(32)33)29-27(31)26(30-36-4)21-10-12-38-13-11-21/h6-9,15-16,21-22H,5,10-14,17H2,1-4H3,(H,29,31)(H,32,33)/t22-/m0/s1. The maximum atomic E-state index is 12.9. The van der Waals surface area contributed by atoms with Crippen LogP contribution in [0, 0.1) is 5.92 Å². The predicted octanol–water partition coefficient (Wildman–Crippen LogP) is 3.45. The van der Waals surface area contributed by atoms with E-state index in [-0.39, 0.29) is 18.1 Å². The smallest absolute Gasteiger partial charge is 0.326 e. The van der Waals surface area contributed by atoms with Crippen molar-refractivity contribution in [1.82, 2.24) is 5.32 Å². The fraction of sp³-hybridized carbons (Fsp3) is 0.464. The van der Waals surface area contributed by atoms with Crippen LogP contribution in [0.1, 0.15) is 30.9 Å². The van der Waals surface area contributed by atoms with E-state index in [1.807, 2.05) is 43.3 Å². The van der Waals surface area contributed by atoms with Gasteiger partial charge in [-0.2, -0.15) is 0 Å². The molecule has 0 aliphatic carbocycles. The van der Waals surface area contributed by atoms with E-state index < -0.39 is 17.9 Å². The summed E-state index contributed by atoms with van der Waals surface area (Å²) in [4.78, 5) is 29.8. The third-order valence-electron chi connectivity index (χ3n) is 6.35. The summed E-state index contributed by atoms with van der Waals surface area (Å²) in [6.45, 7) is 4.00. The van der Waals surface area contributed by atoms with Crippen molar-refractivity contribution in [1.29, 1.82) is 0 Å². The molecule has 0 aromatic heterocycles. The van der Waals surface area contributed by atoms with Gasteiger partial charge in [0.25, 0.3) is 5.91 Å². The molecule has 0 bridgehead atoms. The van der Waals surface area contributed by atoms with Gasteiger partial charge in [0.15, 0.2) is 0 Å². The Labute approximate surface area is 222 Å². The van der Waals surface area contributed by atoms with E-state index in [0.29, 0.717) is 50.8 Å². The summed E-state index contributed by atoms with van der Waals surface area (Å²) >= 11 is 0. The Morgan fingerprint density at radius 1 is 1.05 bits per heavy atom. The number of carbonyl (C=O) groups is 2. The largest absolute Gasteiger partial charge is 0.496 e. The summed E-state index contributed by atoms with van der Waals surface area (Å²) in [6, 6.07) is 10.1. The predicted molar refractivity (Wildman–Crippen MR) is 142 cm³/mol. The average Bonchev–Trinajstić information content (AvgIpc) is 2.94. The van der Waals surface area contributed by atoms with Crippen molar-refractivity contribution in [3.63, 3.8) is 0 Å². The third-order valence-corrected chi connectivity index (χ3v) is 6.35. The molecule has 0 spiro atoms. The first-order valence-corrected chi connectivity index (χ1v) is 12.6. The summed E-state index contributed by atoms with van der Waals surface area (Å²) in [6.07, 6.45) is 1.33. The van der Waals surface area contributed by atoms with Gasteiger partial charge in [-0.05, 0) is 48.6 Å². The highest BCUT2D eigenvalue weighted by molar-refractivity contribution is 6.39. The molecule has 2 aromatic rings. The second kappa shape index (κ2) is 14.3. The molecule has 2 N–H and O–H groups in total. The van der Waals surface area contributed by atoms with Crippen LogP contribution in [0.3, 0.4) is 0 Å². The molecule has 0 saturated carbocycles. The van der Waals surface area contributed by atoms with Crippen molar-refractivity contribution in [2.45, 2.75) is 38.8 Å². The van der Waals surface area contributed by atoms with E-state index in [1.54, 1.807) is 14.2 Å². The number of carbonyl (C=O) groups excluding carboxylic acids is 1. The molecule has 10 heteroatoms. The Morgan fingerprint density at radius 2 is 1.68 bits per heavy atom. The van der Waals surface area contributed by atoms with E-state index in [4.69, 9.17) is 23.8 Å². The summed E-state index contributed by atoms with van der Waals surface area (Å²) in [5, 5.41) is 16.3. The van der Waals surface area contributed by atoms with Gasteiger partial charge in [0.05, 0.1) is 26.4 Å². The van der Waals surface area contributed by atoms with Gasteiger partial charge in [-0.1, -0.05) is 29.4 Å². The number of ether oxygens (including phenoxy) is 4. The maximum Gasteiger partial charge on any atom is 0.326 e. The molecular weight excluding hydrogens is 492 g/mol. The van der Waals surface area contributed by atoms with E-state index in [1.165, 1.54) is 7.11 Å². The molecule has 1 atom stereocenters. The number of oxime groups is 1. The number of benzene rings is 2. The number of hydrogen-bond acceptors (Lipinski definition) is 8. The SMILES string of the molecule is CCOCc1cc(OC)c(-c2ccc(C[C@H](NC(=O)C(=NOC)C3CCOCC3)C(=O)O)cc2)c(OC)c1. The van der Waals surface area contributed by atoms with Crippen LogP contribution in [0.4, 0.5) is 0 Å². The Hall–Kier alpha value is -3.63.